The molecule has 0 fully saturated rings. The fraction of sp³-hybridized carbons (Fsp3) is 0.176. The van der Waals surface area contributed by atoms with Crippen molar-refractivity contribution in [2.75, 3.05) is 20.8 Å². The molecule has 0 saturated heterocycles. The third-order valence-corrected chi connectivity index (χ3v) is 4.69. The van der Waals surface area contributed by atoms with Crippen LogP contribution < -0.4 is 9.47 Å². The molecule has 2 rings (SSSR count). The molecule has 1 aromatic carbocycles. The van der Waals surface area contributed by atoms with Crippen LogP contribution in [-0.2, 0) is 9.53 Å². The maximum atomic E-state index is 11.9. The van der Waals surface area contributed by atoms with Crippen molar-refractivity contribution in [3.05, 3.63) is 50.6 Å². The minimum atomic E-state index is -0.608. The molecule has 0 N–H and O–H groups in total. The summed E-state index contributed by atoms with van der Waals surface area (Å²) in [5.74, 6) is 0.227. The highest BCUT2D eigenvalue weighted by Gasteiger charge is 2.11. The minimum absolute atomic E-state index is 0.244. The molecule has 1 heterocycles. The Bertz CT molecular complexity index is 766. The van der Waals surface area contributed by atoms with Gasteiger partial charge in [0.05, 0.1) is 22.9 Å². The van der Waals surface area contributed by atoms with E-state index >= 15 is 0 Å². The average Bonchev–Trinajstić information content (AvgIpc) is 3.03. The Hall–Kier alpha value is -2.12. The van der Waals surface area contributed by atoms with Crippen molar-refractivity contribution in [3.8, 4) is 11.5 Å². The van der Waals surface area contributed by atoms with Crippen molar-refractivity contribution < 1.29 is 23.8 Å². The van der Waals surface area contributed by atoms with Crippen LogP contribution in [0.5, 0.6) is 11.5 Å². The Labute approximate surface area is 152 Å². The van der Waals surface area contributed by atoms with Gasteiger partial charge in [0, 0.05) is 11.6 Å². The van der Waals surface area contributed by atoms with E-state index in [-0.39, 0.29) is 12.4 Å². The monoisotopic (exact) mass is 410 g/mol. The first-order valence-electron chi connectivity index (χ1n) is 6.89. The van der Waals surface area contributed by atoms with E-state index in [1.165, 1.54) is 31.6 Å². The summed E-state index contributed by atoms with van der Waals surface area (Å²) in [5, 5.41) is 0. The molecule has 0 unspecified atom stereocenters. The Morgan fingerprint density at radius 1 is 1.17 bits per heavy atom. The number of hydrogen-bond acceptors (Lipinski definition) is 6. The molecule has 0 bridgehead atoms. The molecule has 7 heteroatoms. The largest absolute Gasteiger partial charge is 0.493 e. The normalized spacial score (nSPS) is 10.6. The molecule has 5 nitrogen and oxygen atoms in total. The average molecular weight is 411 g/mol. The predicted molar refractivity (Wildman–Crippen MR) is 95.9 cm³/mol. The first kappa shape index (κ1) is 18.2. The number of hydrogen-bond donors (Lipinski definition) is 0. The van der Waals surface area contributed by atoms with Gasteiger partial charge in [0.15, 0.2) is 18.1 Å². The van der Waals surface area contributed by atoms with Crippen LogP contribution >= 0.6 is 27.3 Å². The van der Waals surface area contributed by atoms with Crippen LogP contribution in [0.2, 0.25) is 0 Å². The third kappa shape index (κ3) is 4.69. The SMILES string of the molecule is COc1cccc(/C=C/C(=O)OCC(=O)c2ccc(Br)s2)c1OC. The van der Waals surface area contributed by atoms with Gasteiger partial charge in [0.1, 0.15) is 0 Å². The lowest BCUT2D eigenvalue weighted by Crippen LogP contribution is -2.11. The van der Waals surface area contributed by atoms with Gasteiger partial charge in [-0.05, 0) is 40.2 Å². The fourth-order valence-corrected chi connectivity index (χ4v) is 3.23. The number of carbonyl (C=O) groups is 2. The number of esters is 1. The first-order valence-corrected chi connectivity index (χ1v) is 8.50. The zero-order valence-electron chi connectivity index (χ0n) is 13.1. The molecular formula is C17H15BrO5S. The highest BCUT2D eigenvalue weighted by Crippen LogP contribution is 2.31. The third-order valence-electron chi connectivity index (χ3n) is 3.03. The maximum Gasteiger partial charge on any atom is 0.331 e. The quantitative estimate of drug-likeness (QED) is 0.392. The summed E-state index contributed by atoms with van der Waals surface area (Å²) in [7, 11) is 3.06. The number of benzene rings is 1. The molecule has 2 aromatic rings. The second-order valence-electron chi connectivity index (χ2n) is 4.55. The fourth-order valence-electron chi connectivity index (χ4n) is 1.92. The minimum Gasteiger partial charge on any atom is -0.493 e. The van der Waals surface area contributed by atoms with E-state index in [9.17, 15) is 9.59 Å². The lowest BCUT2D eigenvalue weighted by molar-refractivity contribution is -0.136. The van der Waals surface area contributed by atoms with Crippen molar-refractivity contribution in [1.82, 2.24) is 0 Å². The summed E-state index contributed by atoms with van der Waals surface area (Å²) in [4.78, 5) is 24.2. The number of halogens is 1. The van der Waals surface area contributed by atoms with Gasteiger partial charge in [0.2, 0.25) is 5.78 Å². The summed E-state index contributed by atoms with van der Waals surface area (Å²) in [6.45, 7) is -0.300. The zero-order chi connectivity index (χ0) is 17.5. The van der Waals surface area contributed by atoms with Crippen LogP contribution in [0.1, 0.15) is 15.2 Å². The van der Waals surface area contributed by atoms with Crippen molar-refractivity contribution in [2.45, 2.75) is 0 Å². The summed E-state index contributed by atoms with van der Waals surface area (Å²) < 4.78 is 16.3. The van der Waals surface area contributed by atoms with E-state index in [0.29, 0.717) is 21.9 Å². The predicted octanol–water partition coefficient (Wildman–Crippen LogP) is 3.97. The van der Waals surface area contributed by atoms with Crippen molar-refractivity contribution in [3.63, 3.8) is 0 Å². The molecule has 0 aliphatic carbocycles. The van der Waals surface area contributed by atoms with Gasteiger partial charge in [-0.1, -0.05) is 12.1 Å². The zero-order valence-corrected chi connectivity index (χ0v) is 15.5. The van der Waals surface area contributed by atoms with Gasteiger partial charge in [0.25, 0.3) is 0 Å². The number of rotatable bonds is 7. The van der Waals surface area contributed by atoms with E-state index in [2.05, 4.69) is 15.9 Å². The van der Waals surface area contributed by atoms with Crippen LogP contribution in [-0.4, -0.2) is 32.6 Å². The molecule has 126 valence electrons. The van der Waals surface area contributed by atoms with Gasteiger partial charge in [-0.3, -0.25) is 4.79 Å². The van der Waals surface area contributed by atoms with E-state index in [4.69, 9.17) is 14.2 Å². The Morgan fingerprint density at radius 3 is 2.58 bits per heavy atom. The Kier molecular flexibility index (Phi) is 6.57. The number of ketones is 1. The standard InChI is InChI=1S/C17H15BrO5S/c1-21-13-5-3-4-11(17(13)22-2)6-9-16(20)23-10-12(19)14-7-8-15(18)24-14/h3-9H,10H2,1-2H3/b9-6+. The number of thiophene rings is 1. The van der Waals surface area contributed by atoms with Crippen molar-refractivity contribution in [1.29, 1.82) is 0 Å². The second-order valence-corrected chi connectivity index (χ2v) is 7.01. The van der Waals surface area contributed by atoms with E-state index < -0.39 is 5.97 Å². The van der Waals surface area contributed by atoms with Gasteiger partial charge in [-0.2, -0.15) is 0 Å². The molecular weight excluding hydrogens is 396 g/mol. The smallest absolute Gasteiger partial charge is 0.331 e. The summed E-state index contributed by atoms with van der Waals surface area (Å²) >= 11 is 4.58. The lowest BCUT2D eigenvalue weighted by Gasteiger charge is -2.09. The molecule has 0 amide bonds. The summed E-state index contributed by atoms with van der Waals surface area (Å²) in [6, 6.07) is 8.77. The molecule has 0 aliphatic heterocycles. The van der Waals surface area contributed by atoms with Gasteiger partial charge in [-0.15, -0.1) is 11.3 Å². The van der Waals surface area contributed by atoms with Gasteiger partial charge < -0.3 is 14.2 Å². The highest BCUT2D eigenvalue weighted by molar-refractivity contribution is 9.11. The van der Waals surface area contributed by atoms with E-state index in [1.807, 2.05) is 0 Å². The molecule has 0 aliphatic rings. The molecule has 0 atom stereocenters. The van der Waals surface area contributed by atoms with Crippen LogP contribution in [0.4, 0.5) is 0 Å². The van der Waals surface area contributed by atoms with Crippen molar-refractivity contribution >= 4 is 45.1 Å². The summed E-state index contributed by atoms with van der Waals surface area (Å²) in [5.41, 5.74) is 0.669. The number of carbonyl (C=O) groups excluding carboxylic acids is 2. The number of para-hydroxylation sites is 1. The number of ether oxygens (including phenoxy) is 3. The Balaban J connectivity index is 1.97. The van der Waals surface area contributed by atoms with E-state index in [0.717, 1.165) is 3.79 Å². The highest BCUT2D eigenvalue weighted by atomic mass is 79.9. The van der Waals surface area contributed by atoms with Crippen LogP contribution in [0.3, 0.4) is 0 Å². The van der Waals surface area contributed by atoms with Gasteiger partial charge in [-0.25, -0.2) is 4.79 Å². The number of Topliss-reactive ketones (excluding diaryl/α,β-unsaturated/α-hetero) is 1. The first-order chi connectivity index (χ1) is 11.5. The molecule has 24 heavy (non-hydrogen) atoms. The lowest BCUT2D eigenvalue weighted by atomic mass is 10.1. The molecule has 0 radical (unpaired) electrons. The van der Waals surface area contributed by atoms with Crippen LogP contribution in [0.25, 0.3) is 6.08 Å². The van der Waals surface area contributed by atoms with Gasteiger partial charge >= 0.3 is 5.97 Å². The molecule has 0 spiro atoms. The van der Waals surface area contributed by atoms with Crippen LogP contribution in [0.15, 0.2) is 40.2 Å². The number of methoxy groups -OCH3 is 2. The maximum absolute atomic E-state index is 11.9. The van der Waals surface area contributed by atoms with Crippen molar-refractivity contribution in [2.24, 2.45) is 0 Å². The van der Waals surface area contributed by atoms with E-state index in [1.54, 1.807) is 36.4 Å². The topological polar surface area (TPSA) is 61.8 Å². The second kappa shape index (κ2) is 8.65. The summed E-state index contributed by atoms with van der Waals surface area (Å²) in [6.07, 6.45) is 2.80. The Morgan fingerprint density at radius 2 is 1.96 bits per heavy atom. The van der Waals surface area contributed by atoms with Crippen LogP contribution in [0, 0.1) is 0 Å². The molecule has 0 saturated carbocycles. The molecule has 1 aromatic heterocycles.